The van der Waals surface area contributed by atoms with Crippen LogP contribution >= 0.6 is 0 Å². The fourth-order valence-corrected chi connectivity index (χ4v) is 1.19. The first-order chi connectivity index (χ1) is 7.66. The maximum absolute atomic E-state index is 11.2. The highest BCUT2D eigenvalue weighted by atomic mass is 16.6. The lowest BCUT2D eigenvalue weighted by Crippen LogP contribution is -2.43. The Morgan fingerprint density at radius 3 is 2.50 bits per heavy atom. The summed E-state index contributed by atoms with van der Waals surface area (Å²) < 4.78 is 11.0. The third kappa shape index (κ3) is 2.67. The summed E-state index contributed by atoms with van der Waals surface area (Å²) in [5.74, 6) is 0. The molecule has 0 saturated carbocycles. The lowest BCUT2D eigenvalue weighted by atomic mass is 10.5. The van der Waals surface area contributed by atoms with Gasteiger partial charge in [0.05, 0.1) is 26.4 Å². The maximum atomic E-state index is 11.2. The Morgan fingerprint density at radius 1 is 1.31 bits per heavy atom. The Hall–Kier alpha value is -1.67. The van der Waals surface area contributed by atoms with E-state index in [0.717, 1.165) is 4.57 Å². The Balaban J connectivity index is 1.95. The van der Waals surface area contributed by atoms with Gasteiger partial charge < -0.3 is 9.47 Å². The molecule has 1 aliphatic rings. The van der Waals surface area contributed by atoms with E-state index in [1.54, 1.807) is 0 Å². The second-order valence-electron chi connectivity index (χ2n) is 3.37. The number of hydrogen-bond donors (Lipinski definition) is 2. The highest BCUT2D eigenvalue weighted by Crippen LogP contribution is 2.07. The fraction of sp³-hybridized carbons (Fsp3) is 0.625. The molecule has 2 rings (SSSR count). The van der Waals surface area contributed by atoms with Gasteiger partial charge in [-0.25, -0.2) is 19.0 Å². The zero-order valence-electron chi connectivity index (χ0n) is 8.39. The minimum atomic E-state index is -0.807. The first-order valence-electron chi connectivity index (χ1n) is 4.79. The summed E-state index contributed by atoms with van der Waals surface area (Å²) in [5.41, 5.74) is -2.28. The van der Waals surface area contributed by atoms with Crippen LogP contribution < -0.4 is 17.1 Å². The number of aromatic amines is 2. The summed E-state index contributed by atoms with van der Waals surface area (Å²) in [6.45, 7) is 1.46. The van der Waals surface area contributed by atoms with Crippen LogP contribution in [0.1, 0.15) is 0 Å². The van der Waals surface area contributed by atoms with E-state index in [0.29, 0.717) is 13.2 Å². The second kappa shape index (κ2) is 4.45. The highest BCUT2D eigenvalue weighted by Gasteiger charge is 2.22. The van der Waals surface area contributed by atoms with E-state index in [1.807, 2.05) is 9.97 Å². The van der Waals surface area contributed by atoms with Gasteiger partial charge in [0.1, 0.15) is 6.10 Å². The molecular weight excluding hydrogens is 218 g/mol. The van der Waals surface area contributed by atoms with Crippen LogP contribution in [0, 0.1) is 0 Å². The predicted octanol–water partition coefficient (Wildman–Crippen LogP) is -2.36. The van der Waals surface area contributed by atoms with Gasteiger partial charge in [-0.1, -0.05) is 0 Å². The van der Waals surface area contributed by atoms with Crippen molar-refractivity contribution in [1.29, 1.82) is 0 Å². The lowest BCUT2D eigenvalue weighted by molar-refractivity contribution is 0.108. The van der Waals surface area contributed by atoms with Crippen molar-refractivity contribution < 1.29 is 9.47 Å². The van der Waals surface area contributed by atoms with Crippen LogP contribution in [0.5, 0.6) is 0 Å². The van der Waals surface area contributed by atoms with Crippen molar-refractivity contribution in [2.45, 2.75) is 12.6 Å². The SMILES string of the molecule is O=c1[nH]c(=O)n(CCOCC2CO2)c(=O)[nH]1. The minimum Gasteiger partial charge on any atom is -0.377 e. The molecule has 1 aromatic rings. The van der Waals surface area contributed by atoms with Gasteiger partial charge in [0, 0.05) is 0 Å². The highest BCUT2D eigenvalue weighted by molar-refractivity contribution is 4.70. The van der Waals surface area contributed by atoms with Gasteiger partial charge in [0.25, 0.3) is 0 Å². The topological polar surface area (TPSA) is 109 Å². The van der Waals surface area contributed by atoms with Crippen molar-refractivity contribution in [3.8, 4) is 0 Å². The molecule has 0 bridgehead atoms. The molecule has 2 N–H and O–H groups in total. The van der Waals surface area contributed by atoms with Crippen LogP contribution in [0.15, 0.2) is 14.4 Å². The summed E-state index contributed by atoms with van der Waals surface area (Å²) in [4.78, 5) is 37.1. The van der Waals surface area contributed by atoms with E-state index in [4.69, 9.17) is 9.47 Å². The van der Waals surface area contributed by atoms with Gasteiger partial charge >= 0.3 is 17.1 Å². The molecule has 0 aromatic carbocycles. The molecule has 0 amide bonds. The quantitative estimate of drug-likeness (QED) is 0.433. The van der Waals surface area contributed by atoms with Gasteiger partial charge in [-0.15, -0.1) is 0 Å². The fourth-order valence-electron chi connectivity index (χ4n) is 1.19. The van der Waals surface area contributed by atoms with Gasteiger partial charge in [-0.3, -0.25) is 9.97 Å². The molecule has 1 aliphatic heterocycles. The van der Waals surface area contributed by atoms with Crippen LogP contribution in [0.2, 0.25) is 0 Å². The van der Waals surface area contributed by atoms with Crippen molar-refractivity contribution in [3.05, 3.63) is 31.5 Å². The third-order valence-electron chi connectivity index (χ3n) is 2.10. The molecule has 8 heteroatoms. The normalized spacial score (nSPS) is 18.6. The molecule has 0 aliphatic carbocycles. The van der Waals surface area contributed by atoms with E-state index < -0.39 is 17.1 Å². The number of rotatable bonds is 5. The van der Waals surface area contributed by atoms with Gasteiger partial charge in [0.15, 0.2) is 0 Å². The van der Waals surface area contributed by atoms with Crippen LogP contribution in [0.3, 0.4) is 0 Å². The number of nitrogens with one attached hydrogen (secondary N) is 2. The molecule has 1 saturated heterocycles. The Bertz CT molecular complexity index is 489. The molecular formula is C8H11N3O5. The molecule has 88 valence electrons. The van der Waals surface area contributed by atoms with Crippen molar-refractivity contribution in [1.82, 2.24) is 14.5 Å². The van der Waals surface area contributed by atoms with Gasteiger partial charge in [-0.05, 0) is 0 Å². The van der Waals surface area contributed by atoms with E-state index in [9.17, 15) is 14.4 Å². The number of aromatic nitrogens is 3. The Labute approximate surface area is 88.8 Å². The smallest absolute Gasteiger partial charge is 0.333 e. The Morgan fingerprint density at radius 2 is 1.94 bits per heavy atom. The molecule has 1 atom stereocenters. The summed E-state index contributed by atoms with van der Waals surface area (Å²) in [6, 6.07) is 0. The average Bonchev–Trinajstić information content (AvgIpc) is 2.98. The molecule has 2 heterocycles. The first kappa shape index (κ1) is 10.8. The standard InChI is InChI=1S/C8H11N3O5/c12-6-9-7(13)11(8(14)10-6)1-2-15-3-5-4-16-5/h5H,1-4H2,(H2,9,10,12,13,14). The van der Waals surface area contributed by atoms with E-state index in [-0.39, 0.29) is 19.3 Å². The number of epoxide rings is 1. The van der Waals surface area contributed by atoms with E-state index in [2.05, 4.69) is 0 Å². The molecule has 0 spiro atoms. The molecule has 16 heavy (non-hydrogen) atoms. The predicted molar refractivity (Wildman–Crippen MR) is 52.5 cm³/mol. The minimum absolute atomic E-state index is 0.0949. The van der Waals surface area contributed by atoms with Crippen LogP contribution in [0.4, 0.5) is 0 Å². The van der Waals surface area contributed by atoms with Crippen molar-refractivity contribution in [2.24, 2.45) is 0 Å². The molecule has 8 nitrogen and oxygen atoms in total. The van der Waals surface area contributed by atoms with Gasteiger partial charge in [0.2, 0.25) is 0 Å². The first-order valence-corrected chi connectivity index (χ1v) is 4.79. The average molecular weight is 229 g/mol. The van der Waals surface area contributed by atoms with Crippen molar-refractivity contribution in [2.75, 3.05) is 19.8 Å². The second-order valence-corrected chi connectivity index (χ2v) is 3.37. The van der Waals surface area contributed by atoms with Crippen LogP contribution in [-0.2, 0) is 16.0 Å². The lowest BCUT2D eigenvalue weighted by Gasteiger charge is -2.03. The molecule has 0 radical (unpaired) electrons. The van der Waals surface area contributed by atoms with Crippen LogP contribution in [0.25, 0.3) is 0 Å². The molecule has 1 fully saturated rings. The van der Waals surface area contributed by atoms with E-state index in [1.165, 1.54) is 0 Å². The molecule has 1 aromatic heterocycles. The van der Waals surface area contributed by atoms with Gasteiger partial charge in [-0.2, -0.15) is 0 Å². The number of H-pyrrole nitrogens is 2. The number of hydrogen-bond acceptors (Lipinski definition) is 5. The number of nitrogens with zero attached hydrogens (tertiary/aromatic N) is 1. The number of ether oxygens (including phenoxy) is 2. The zero-order valence-corrected chi connectivity index (χ0v) is 8.39. The Kier molecular flexibility index (Phi) is 3.02. The van der Waals surface area contributed by atoms with Crippen molar-refractivity contribution in [3.63, 3.8) is 0 Å². The summed E-state index contributed by atoms with van der Waals surface area (Å²) in [5, 5.41) is 0. The largest absolute Gasteiger partial charge is 0.377 e. The molecule has 1 unspecified atom stereocenters. The summed E-state index contributed by atoms with van der Waals surface area (Å²) >= 11 is 0. The summed E-state index contributed by atoms with van der Waals surface area (Å²) in [7, 11) is 0. The summed E-state index contributed by atoms with van der Waals surface area (Å²) in [6.07, 6.45) is 0.144. The van der Waals surface area contributed by atoms with E-state index >= 15 is 0 Å². The third-order valence-corrected chi connectivity index (χ3v) is 2.10. The zero-order chi connectivity index (χ0) is 11.5. The van der Waals surface area contributed by atoms with Crippen molar-refractivity contribution >= 4 is 0 Å². The van der Waals surface area contributed by atoms with Crippen LogP contribution in [-0.4, -0.2) is 40.5 Å². The maximum Gasteiger partial charge on any atom is 0.333 e. The monoisotopic (exact) mass is 229 g/mol.